The van der Waals surface area contributed by atoms with E-state index < -0.39 is 11.7 Å². The number of nitrogens with zero attached hydrogens (tertiary/aromatic N) is 1. The lowest BCUT2D eigenvalue weighted by atomic mass is 9.47. The van der Waals surface area contributed by atoms with Crippen LogP contribution < -0.4 is 10.1 Å². The Balaban J connectivity index is 1.38. The van der Waals surface area contributed by atoms with Gasteiger partial charge in [-0.3, -0.25) is 9.59 Å². The Bertz CT molecular complexity index is 1010. The van der Waals surface area contributed by atoms with Crippen molar-refractivity contribution >= 4 is 17.5 Å². The quantitative estimate of drug-likeness (QED) is 0.684. The van der Waals surface area contributed by atoms with E-state index in [1.165, 1.54) is 0 Å². The highest BCUT2D eigenvalue weighted by molar-refractivity contribution is 5.94. The van der Waals surface area contributed by atoms with Crippen LogP contribution in [-0.4, -0.2) is 36.9 Å². The van der Waals surface area contributed by atoms with Gasteiger partial charge in [-0.25, -0.2) is 4.39 Å². The lowest BCUT2D eigenvalue weighted by Crippen LogP contribution is -2.60. The number of likely N-dealkylation sites (N-methyl/N-ethyl adjacent to an activating group) is 1. The maximum atomic E-state index is 14.6. The van der Waals surface area contributed by atoms with Crippen LogP contribution in [0.2, 0.25) is 0 Å². The molecule has 1 aliphatic heterocycles. The van der Waals surface area contributed by atoms with E-state index in [4.69, 9.17) is 4.74 Å². The molecule has 3 fully saturated rings. The summed E-state index contributed by atoms with van der Waals surface area (Å²) in [7, 11) is 3.37. The molecule has 4 aliphatic rings. The normalized spacial score (nSPS) is 39.8. The van der Waals surface area contributed by atoms with Crippen LogP contribution in [0.1, 0.15) is 52.4 Å². The molecule has 0 bridgehead atoms. The minimum Gasteiger partial charge on any atom is -0.497 e. The first-order chi connectivity index (χ1) is 15.7. The van der Waals surface area contributed by atoms with Crippen molar-refractivity contribution in [2.75, 3.05) is 19.5 Å². The molecule has 3 saturated carbocycles. The van der Waals surface area contributed by atoms with Gasteiger partial charge in [0.05, 0.1) is 7.11 Å². The summed E-state index contributed by atoms with van der Waals surface area (Å²) in [4.78, 5) is 27.3. The van der Waals surface area contributed by atoms with Crippen molar-refractivity contribution in [3.8, 4) is 5.75 Å². The van der Waals surface area contributed by atoms with Crippen LogP contribution in [0.15, 0.2) is 36.2 Å². The van der Waals surface area contributed by atoms with E-state index in [1.54, 1.807) is 25.1 Å². The zero-order valence-electron chi connectivity index (χ0n) is 20.1. The van der Waals surface area contributed by atoms with Crippen molar-refractivity contribution < 1.29 is 18.7 Å². The molecule has 1 N–H and O–H groups in total. The monoisotopic (exact) mass is 454 g/mol. The Kier molecular flexibility index (Phi) is 5.33. The molecule has 178 valence electrons. The average molecular weight is 455 g/mol. The maximum absolute atomic E-state index is 14.6. The summed E-state index contributed by atoms with van der Waals surface area (Å²) in [6, 6.07) is 7.57. The molecule has 2 unspecified atom stereocenters. The Morgan fingerprint density at radius 1 is 1.15 bits per heavy atom. The van der Waals surface area contributed by atoms with Gasteiger partial charge in [0.25, 0.3) is 5.91 Å². The standard InChI is InChI=1S/C27H35FN2O3/c1-26-13-12-20-18(8-11-23-27(20,2)15-22(28)25(32)30(23)3)19(26)9-10-21(26)24(31)29-16-6-5-7-17(14-16)33-4/h5-7,14-15,18-21,23H,8-13H2,1-4H3,(H,29,31)/t18?,19-,20?,21+,23+,26-,27+/m0/s1. The summed E-state index contributed by atoms with van der Waals surface area (Å²) < 4.78 is 19.9. The van der Waals surface area contributed by atoms with Crippen molar-refractivity contribution in [3.63, 3.8) is 0 Å². The molecular weight excluding hydrogens is 419 g/mol. The van der Waals surface area contributed by atoms with Crippen molar-refractivity contribution in [3.05, 3.63) is 36.2 Å². The first kappa shape index (κ1) is 22.4. The van der Waals surface area contributed by atoms with Gasteiger partial charge in [-0.05, 0) is 79.9 Å². The second-order valence-electron chi connectivity index (χ2n) is 11.1. The molecule has 7 atom stereocenters. The van der Waals surface area contributed by atoms with E-state index >= 15 is 0 Å². The summed E-state index contributed by atoms with van der Waals surface area (Å²) in [6.07, 6.45) is 7.45. The van der Waals surface area contributed by atoms with Gasteiger partial charge in [0.2, 0.25) is 5.91 Å². The fraction of sp³-hybridized carbons (Fsp3) is 0.630. The van der Waals surface area contributed by atoms with Gasteiger partial charge in [-0.15, -0.1) is 0 Å². The van der Waals surface area contributed by atoms with Crippen LogP contribution in [0.25, 0.3) is 0 Å². The first-order valence-corrected chi connectivity index (χ1v) is 12.3. The number of nitrogens with one attached hydrogen (secondary N) is 1. The van der Waals surface area contributed by atoms with Crippen LogP contribution in [-0.2, 0) is 9.59 Å². The van der Waals surface area contributed by atoms with Gasteiger partial charge in [-0.1, -0.05) is 19.9 Å². The summed E-state index contributed by atoms with van der Waals surface area (Å²) in [5.74, 6) is 0.975. The summed E-state index contributed by atoms with van der Waals surface area (Å²) >= 11 is 0. The van der Waals surface area contributed by atoms with Crippen LogP contribution in [0.4, 0.5) is 10.1 Å². The molecule has 0 radical (unpaired) electrons. The molecule has 1 aromatic rings. The minimum absolute atomic E-state index is 0.0249. The number of anilines is 1. The number of hydrogen-bond acceptors (Lipinski definition) is 3. The number of fused-ring (bicyclic) bond motifs is 5. The van der Waals surface area contributed by atoms with Gasteiger partial charge in [0, 0.05) is 36.2 Å². The van der Waals surface area contributed by atoms with Gasteiger partial charge in [0.1, 0.15) is 5.75 Å². The summed E-state index contributed by atoms with van der Waals surface area (Å²) in [5.41, 5.74) is 0.382. The zero-order chi connectivity index (χ0) is 23.5. The molecule has 0 saturated heterocycles. The van der Waals surface area contributed by atoms with Gasteiger partial charge >= 0.3 is 0 Å². The highest BCUT2D eigenvalue weighted by Gasteiger charge is 2.62. The first-order valence-electron chi connectivity index (χ1n) is 12.3. The third-order valence-corrected chi connectivity index (χ3v) is 9.81. The fourth-order valence-electron chi connectivity index (χ4n) is 8.19. The number of benzene rings is 1. The predicted molar refractivity (Wildman–Crippen MR) is 125 cm³/mol. The predicted octanol–water partition coefficient (Wildman–Crippen LogP) is 5.19. The lowest BCUT2D eigenvalue weighted by Gasteiger charge is -2.60. The zero-order valence-corrected chi connectivity index (χ0v) is 20.1. The van der Waals surface area contributed by atoms with Gasteiger partial charge in [0.15, 0.2) is 5.83 Å². The smallest absolute Gasteiger partial charge is 0.282 e. The average Bonchev–Trinajstić information content (AvgIpc) is 3.15. The second kappa shape index (κ2) is 7.85. The number of ether oxygens (including phenoxy) is 1. The van der Waals surface area contributed by atoms with E-state index in [1.807, 2.05) is 24.3 Å². The highest BCUT2D eigenvalue weighted by atomic mass is 19.1. The maximum Gasteiger partial charge on any atom is 0.282 e. The SMILES string of the molecule is COc1cccc(NC(=O)[C@H]2CC[C@H]3C4CC[C@H]5N(C)C(=O)C(F)=C[C@]5(C)C4CC[C@]23C)c1. The van der Waals surface area contributed by atoms with Gasteiger partial charge < -0.3 is 15.0 Å². The molecular formula is C27H35FN2O3. The summed E-state index contributed by atoms with van der Waals surface area (Å²) in [5, 5.41) is 3.14. The molecule has 5 nitrogen and oxygen atoms in total. The molecule has 1 heterocycles. The van der Waals surface area contributed by atoms with E-state index in [0.29, 0.717) is 17.8 Å². The highest BCUT2D eigenvalue weighted by Crippen LogP contribution is 2.65. The second-order valence-corrected chi connectivity index (χ2v) is 11.1. The third kappa shape index (κ3) is 3.31. The van der Waals surface area contributed by atoms with E-state index in [2.05, 4.69) is 19.2 Å². The molecule has 1 aromatic carbocycles. The number of amides is 2. The number of carbonyl (C=O) groups is 2. The number of methoxy groups -OCH3 is 1. The molecule has 0 aromatic heterocycles. The fourth-order valence-corrected chi connectivity index (χ4v) is 8.19. The molecule has 0 spiro atoms. The number of rotatable bonds is 3. The van der Waals surface area contributed by atoms with E-state index in [9.17, 15) is 14.0 Å². The lowest BCUT2D eigenvalue weighted by molar-refractivity contribution is -0.144. The van der Waals surface area contributed by atoms with E-state index in [-0.39, 0.29) is 28.7 Å². The van der Waals surface area contributed by atoms with Crippen molar-refractivity contribution in [2.24, 2.45) is 34.5 Å². The number of halogens is 1. The molecule has 5 rings (SSSR count). The van der Waals surface area contributed by atoms with E-state index in [0.717, 1.165) is 50.0 Å². The topological polar surface area (TPSA) is 58.6 Å². The van der Waals surface area contributed by atoms with Crippen LogP contribution in [0.5, 0.6) is 5.75 Å². The molecule has 3 aliphatic carbocycles. The molecule has 6 heteroatoms. The van der Waals surface area contributed by atoms with Crippen molar-refractivity contribution in [1.82, 2.24) is 4.90 Å². The summed E-state index contributed by atoms with van der Waals surface area (Å²) in [6.45, 7) is 4.46. The Labute approximate surface area is 195 Å². The van der Waals surface area contributed by atoms with Crippen LogP contribution in [0.3, 0.4) is 0 Å². The Morgan fingerprint density at radius 2 is 1.94 bits per heavy atom. The Hall–Kier alpha value is -2.37. The largest absolute Gasteiger partial charge is 0.497 e. The van der Waals surface area contributed by atoms with Gasteiger partial charge in [-0.2, -0.15) is 0 Å². The number of hydrogen-bond donors (Lipinski definition) is 1. The number of carbonyl (C=O) groups excluding carboxylic acids is 2. The van der Waals surface area contributed by atoms with Crippen molar-refractivity contribution in [1.29, 1.82) is 0 Å². The molecule has 2 amide bonds. The van der Waals surface area contributed by atoms with Crippen LogP contribution >= 0.6 is 0 Å². The molecule has 33 heavy (non-hydrogen) atoms. The van der Waals surface area contributed by atoms with Crippen LogP contribution in [0, 0.1) is 34.5 Å². The Morgan fingerprint density at radius 3 is 2.70 bits per heavy atom. The van der Waals surface area contributed by atoms with Crippen molar-refractivity contribution in [2.45, 2.75) is 58.4 Å². The third-order valence-electron chi connectivity index (χ3n) is 9.81. The minimum atomic E-state index is -0.604.